The van der Waals surface area contributed by atoms with Crippen LogP contribution in [0.5, 0.6) is 0 Å². The summed E-state index contributed by atoms with van der Waals surface area (Å²) in [5.74, 6) is -1.07. The fraction of sp³-hybridized carbons (Fsp3) is 0.125. The maximum absolute atomic E-state index is 14.7. The van der Waals surface area contributed by atoms with E-state index in [-0.39, 0.29) is 33.5 Å². The molecule has 7 aromatic rings. The minimum absolute atomic E-state index is 0.00275. The Morgan fingerprint density at radius 1 is 0.957 bits per heavy atom. The summed E-state index contributed by atoms with van der Waals surface area (Å²) in [7, 11) is -1.11. The third kappa shape index (κ3) is 4.90. The molecule has 10 nitrogen and oxygen atoms in total. The van der Waals surface area contributed by atoms with Gasteiger partial charge < -0.3 is 9.73 Å². The standard InChI is InChI=1S/C32H22F4N6O4S/c1-37-31(43)29-20-9-18(22-10-19-23(14-38-22)40-15-42-24-6-4-5-21(33)17(24)11-26(19)42)25(41(2)47(3,44)45)12-27(20)46-30(29)16-7-8-28(39-13-16)32(34,35)36/h4-15H,1-3H3,(H,37,43). The van der Waals surface area contributed by atoms with Crippen molar-refractivity contribution in [2.24, 2.45) is 0 Å². The molecule has 0 aliphatic heterocycles. The first kappa shape index (κ1) is 30.1. The van der Waals surface area contributed by atoms with Crippen LogP contribution in [0.25, 0.3) is 60.9 Å². The highest BCUT2D eigenvalue weighted by molar-refractivity contribution is 7.92. The number of nitrogens with zero attached hydrogens (tertiary/aromatic N) is 5. The van der Waals surface area contributed by atoms with E-state index in [2.05, 4.69) is 20.3 Å². The Kier molecular flexibility index (Phi) is 6.72. The van der Waals surface area contributed by atoms with Crippen molar-refractivity contribution in [3.63, 3.8) is 0 Å². The number of sulfonamides is 1. The number of benzene rings is 2. The first-order valence-corrected chi connectivity index (χ1v) is 15.8. The summed E-state index contributed by atoms with van der Waals surface area (Å²) in [4.78, 5) is 25.8. The highest BCUT2D eigenvalue weighted by atomic mass is 32.2. The van der Waals surface area contributed by atoms with Gasteiger partial charge in [-0.1, -0.05) is 6.07 Å². The number of halogens is 4. The zero-order chi connectivity index (χ0) is 33.4. The fourth-order valence-electron chi connectivity index (χ4n) is 5.60. The number of amides is 1. The summed E-state index contributed by atoms with van der Waals surface area (Å²) in [5, 5.41) is 3.75. The van der Waals surface area contributed by atoms with Crippen LogP contribution in [0.1, 0.15) is 16.1 Å². The van der Waals surface area contributed by atoms with E-state index in [0.717, 1.165) is 28.9 Å². The zero-order valence-electron chi connectivity index (χ0n) is 24.7. The second-order valence-electron chi connectivity index (χ2n) is 10.8. The molecule has 0 saturated heterocycles. The molecule has 0 spiro atoms. The van der Waals surface area contributed by atoms with E-state index in [1.807, 2.05) is 0 Å². The number of nitrogens with one attached hydrogen (secondary N) is 1. The molecule has 7 rings (SSSR count). The van der Waals surface area contributed by atoms with Gasteiger partial charge in [0, 0.05) is 53.6 Å². The summed E-state index contributed by atoms with van der Waals surface area (Å²) in [6.45, 7) is 0. The lowest BCUT2D eigenvalue weighted by atomic mass is 10.0. The normalized spacial score (nSPS) is 12.4. The third-order valence-corrected chi connectivity index (χ3v) is 9.18. The Morgan fingerprint density at radius 3 is 2.43 bits per heavy atom. The minimum atomic E-state index is -4.67. The van der Waals surface area contributed by atoms with Crippen LogP contribution < -0.4 is 9.62 Å². The topological polar surface area (TPSA) is 123 Å². The Balaban J connectivity index is 1.51. The molecule has 15 heteroatoms. The first-order valence-electron chi connectivity index (χ1n) is 13.9. The molecule has 1 N–H and O–H groups in total. The van der Waals surface area contributed by atoms with Gasteiger partial charge in [0.05, 0.1) is 45.9 Å². The number of rotatable bonds is 5. The van der Waals surface area contributed by atoms with Gasteiger partial charge >= 0.3 is 6.18 Å². The van der Waals surface area contributed by atoms with E-state index in [0.29, 0.717) is 38.6 Å². The molecule has 0 fully saturated rings. The van der Waals surface area contributed by atoms with E-state index in [1.165, 1.54) is 38.5 Å². The molecule has 0 saturated carbocycles. The van der Waals surface area contributed by atoms with Crippen LogP contribution in [-0.4, -0.2) is 54.0 Å². The zero-order valence-corrected chi connectivity index (χ0v) is 25.5. The summed E-state index contributed by atoms with van der Waals surface area (Å²) in [6.07, 6.45) is 0.354. The van der Waals surface area contributed by atoms with E-state index < -0.39 is 33.6 Å². The van der Waals surface area contributed by atoms with Crippen LogP contribution in [-0.2, 0) is 16.2 Å². The van der Waals surface area contributed by atoms with Crippen molar-refractivity contribution in [2.45, 2.75) is 6.18 Å². The summed E-state index contributed by atoms with van der Waals surface area (Å²) in [5.41, 5.74) is 1.52. The van der Waals surface area contributed by atoms with E-state index in [9.17, 15) is 30.8 Å². The lowest BCUT2D eigenvalue weighted by Crippen LogP contribution is -2.25. The van der Waals surface area contributed by atoms with Gasteiger partial charge in [-0.25, -0.2) is 17.8 Å². The van der Waals surface area contributed by atoms with Gasteiger partial charge in [-0.05, 0) is 42.5 Å². The van der Waals surface area contributed by atoms with Gasteiger partial charge in [0.2, 0.25) is 10.0 Å². The average molecular weight is 663 g/mol. The van der Waals surface area contributed by atoms with Gasteiger partial charge in [-0.2, -0.15) is 13.2 Å². The number of carbonyl (C=O) groups is 1. The predicted molar refractivity (Wildman–Crippen MR) is 168 cm³/mol. The maximum atomic E-state index is 14.7. The Hall–Kier alpha value is -5.57. The van der Waals surface area contributed by atoms with Gasteiger partial charge in [0.1, 0.15) is 29.2 Å². The highest BCUT2D eigenvalue weighted by Gasteiger charge is 2.33. The number of hydrogen-bond donors (Lipinski definition) is 1. The fourth-order valence-corrected chi connectivity index (χ4v) is 6.10. The monoisotopic (exact) mass is 662 g/mol. The molecule has 0 radical (unpaired) electrons. The molecule has 238 valence electrons. The van der Waals surface area contributed by atoms with E-state index in [1.54, 1.807) is 35.0 Å². The van der Waals surface area contributed by atoms with Crippen molar-refractivity contribution in [2.75, 3.05) is 24.7 Å². The number of pyridine rings is 2. The van der Waals surface area contributed by atoms with Crippen LogP contribution in [0.2, 0.25) is 0 Å². The lowest BCUT2D eigenvalue weighted by molar-refractivity contribution is -0.141. The van der Waals surface area contributed by atoms with Crippen LogP contribution in [0.3, 0.4) is 0 Å². The molecule has 0 bridgehead atoms. The van der Waals surface area contributed by atoms with Crippen molar-refractivity contribution in [3.05, 3.63) is 90.4 Å². The van der Waals surface area contributed by atoms with Crippen molar-refractivity contribution in [3.8, 4) is 22.6 Å². The van der Waals surface area contributed by atoms with Gasteiger partial charge in [-0.3, -0.25) is 23.5 Å². The number of carbonyl (C=O) groups excluding carboxylic acids is 1. The second-order valence-corrected chi connectivity index (χ2v) is 12.8. The third-order valence-electron chi connectivity index (χ3n) is 7.99. The molecule has 2 aromatic carbocycles. The molecule has 0 aliphatic rings. The summed E-state index contributed by atoms with van der Waals surface area (Å²) >= 11 is 0. The number of anilines is 1. The van der Waals surface area contributed by atoms with Crippen molar-refractivity contribution >= 4 is 59.9 Å². The molecule has 5 aromatic heterocycles. The van der Waals surface area contributed by atoms with Crippen LogP contribution in [0, 0.1) is 5.82 Å². The van der Waals surface area contributed by atoms with E-state index >= 15 is 0 Å². The number of alkyl halides is 3. The quantitative estimate of drug-likeness (QED) is 0.211. The number of fused-ring (bicyclic) bond motifs is 6. The molecule has 0 atom stereocenters. The molecule has 47 heavy (non-hydrogen) atoms. The smallest absolute Gasteiger partial charge is 0.433 e. The van der Waals surface area contributed by atoms with Gasteiger partial charge in [0.15, 0.2) is 0 Å². The molecule has 0 unspecified atom stereocenters. The first-order chi connectivity index (χ1) is 22.3. The molecule has 0 aliphatic carbocycles. The Bertz CT molecular complexity index is 2530. The molecule has 5 heterocycles. The number of hydrogen-bond acceptors (Lipinski definition) is 7. The lowest BCUT2D eigenvalue weighted by Gasteiger charge is -2.20. The Labute approximate surface area is 263 Å². The van der Waals surface area contributed by atoms with Crippen molar-refractivity contribution < 1.29 is 35.2 Å². The van der Waals surface area contributed by atoms with Crippen LogP contribution in [0.4, 0.5) is 23.2 Å². The predicted octanol–water partition coefficient (Wildman–Crippen LogP) is 6.42. The minimum Gasteiger partial charge on any atom is -0.455 e. The highest BCUT2D eigenvalue weighted by Crippen LogP contribution is 2.42. The average Bonchev–Trinajstić information content (AvgIpc) is 3.62. The molecular formula is C32H22F4N6O4S. The van der Waals surface area contributed by atoms with Gasteiger partial charge in [0.25, 0.3) is 5.91 Å². The van der Waals surface area contributed by atoms with E-state index in [4.69, 9.17) is 4.42 Å². The Morgan fingerprint density at radius 2 is 1.74 bits per heavy atom. The summed E-state index contributed by atoms with van der Waals surface area (Å²) < 4.78 is 88.7. The maximum Gasteiger partial charge on any atom is 0.433 e. The van der Waals surface area contributed by atoms with Crippen LogP contribution >= 0.6 is 0 Å². The van der Waals surface area contributed by atoms with Crippen molar-refractivity contribution in [1.82, 2.24) is 24.7 Å². The molecule has 1 amide bonds. The largest absolute Gasteiger partial charge is 0.455 e. The van der Waals surface area contributed by atoms with Crippen LogP contribution in [0.15, 0.2) is 77.7 Å². The summed E-state index contributed by atoms with van der Waals surface area (Å²) in [6, 6.07) is 13.0. The number of aromatic nitrogens is 4. The van der Waals surface area contributed by atoms with Crippen molar-refractivity contribution in [1.29, 1.82) is 0 Å². The number of furan rings is 1. The van der Waals surface area contributed by atoms with Gasteiger partial charge in [-0.15, -0.1) is 0 Å². The second kappa shape index (κ2) is 10.5. The molecular weight excluding hydrogens is 640 g/mol. The SMILES string of the molecule is CNC(=O)c1c(-c2ccc(C(F)(F)F)nc2)oc2cc(N(C)S(C)(=O)=O)c(-c3cc4c(cn3)ncn3c5cccc(F)c5cc43)cc12.